The average Bonchev–Trinajstić information content (AvgIpc) is 3.21. The van der Waals surface area contributed by atoms with Gasteiger partial charge in [0.2, 0.25) is 0 Å². The van der Waals surface area contributed by atoms with Crippen LogP contribution in [0.15, 0.2) is 114 Å². The molecule has 4 rings (SSSR count). The first-order valence-electron chi connectivity index (χ1n) is 8.45. The van der Waals surface area contributed by atoms with Crippen molar-refractivity contribution in [1.82, 2.24) is 0 Å². The Morgan fingerprint density at radius 1 is 0.560 bits per heavy atom. The maximum Gasteiger partial charge on any atom is 0.116 e. The Balaban J connectivity index is 2.01. The Bertz CT molecular complexity index is 804. The molecule has 3 aromatic carbocycles. The zero-order chi connectivity index (χ0) is 17.0. The maximum absolute atomic E-state index is 5.39. The summed E-state index contributed by atoms with van der Waals surface area (Å²) < 4.78 is 5.39. The minimum absolute atomic E-state index is 0.960. The van der Waals surface area contributed by atoms with Crippen LogP contribution in [0.1, 0.15) is 5.56 Å². The molecule has 0 atom stereocenters. The van der Waals surface area contributed by atoms with Gasteiger partial charge in [0.05, 0.1) is 12.5 Å². The summed E-state index contributed by atoms with van der Waals surface area (Å²) in [5.74, 6) is 0. The van der Waals surface area contributed by atoms with Crippen molar-refractivity contribution in [3.05, 3.63) is 115 Å². The second-order valence-electron chi connectivity index (χ2n) is 6.11. The molecule has 1 aromatic heterocycles. The van der Waals surface area contributed by atoms with Gasteiger partial charge >= 0.3 is 0 Å². The highest BCUT2D eigenvalue weighted by atomic mass is 31.2. The fourth-order valence-corrected chi connectivity index (χ4v) is 7.64. The van der Waals surface area contributed by atoms with Gasteiger partial charge in [-0.15, -0.1) is 0 Å². The first kappa shape index (κ1) is 15.9. The summed E-state index contributed by atoms with van der Waals surface area (Å²) in [6.07, 6.45) is 4.61. The lowest BCUT2D eigenvalue weighted by Gasteiger charge is -2.27. The van der Waals surface area contributed by atoms with Crippen molar-refractivity contribution in [1.29, 1.82) is 0 Å². The van der Waals surface area contributed by atoms with E-state index in [-0.39, 0.29) is 0 Å². The van der Waals surface area contributed by atoms with Crippen LogP contribution < -0.4 is 15.9 Å². The normalized spacial score (nSPS) is 11.4. The lowest BCUT2D eigenvalue weighted by Crippen LogP contribution is -2.32. The summed E-state index contributed by atoms with van der Waals surface area (Å²) in [5, 5.41) is 4.19. The average molecular weight is 343 g/mol. The van der Waals surface area contributed by atoms with Crippen molar-refractivity contribution in [3.8, 4) is 0 Å². The van der Waals surface area contributed by atoms with Crippen molar-refractivity contribution in [3.63, 3.8) is 0 Å². The van der Waals surface area contributed by atoms with Gasteiger partial charge in [0.1, 0.15) is 29.3 Å². The molecule has 0 radical (unpaired) electrons. The highest BCUT2D eigenvalue weighted by molar-refractivity contribution is 7.95. The van der Waals surface area contributed by atoms with E-state index in [1.807, 2.05) is 6.26 Å². The van der Waals surface area contributed by atoms with Gasteiger partial charge in [-0.25, -0.2) is 0 Å². The summed E-state index contributed by atoms with van der Waals surface area (Å²) in [5.41, 5.74) is 1.24. The molecule has 1 nitrogen and oxygen atoms in total. The molecule has 0 saturated heterocycles. The van der Waals surface area contributed by atoms with Gasteiger partial charge in [0.25, 0.3) is 0 Å². The van der Waals surface area contributed by atoms with E-state index in [1.165, 1.54) is 21.5 Å². The number of hydrogen-bond donors (Lipinski definition) is 0. The number of benzene rings is 3. The van der Waals surface area contributed by atoms with Crippen molar-refractivity contribution >= 4 is 23.2 Å². The van der Waals surface area contributed by atoms with Crippen molar-refractivity contribution in [2.24, 2.45) is 0 Å². The van der Waals surface area contributed by atoms with Gasteiger partial charge in [-0.2, -0.15) is 0 Å². The second kappa shape index (κ2) is 7.09. The molecule has 0 spiro atoms. The van der Waals surface area contributed by atoms with Gasteiger partial charge in [0.15, 0.2) is 0 Å². The Kier molecular flexibility index (Phi) is 4.50. The van der Waals surface area contributed by atoms with Crippen LogP contribution in [0.3, 0.4) is 0 Å². The molecule has 0 aliphatic rings. The smallest absolute Gasteiger partial charge is 0.116 e. The fourth-order valence-electron chi connectivity index (χ4n) is 3.42. The Morgan fingerprint density at radius 3 is 1.36 bits per heavy atom. The number of hydrogen-bond acceptors (Lipinski definition) is 1. The van der Waals surface area contributed by atoms with Crippen LogP contribution in [-0.4, -0.2) is 0 Å². The monoisotopic (exact) mass is 343 g/mol. The fraction of sp³-hybridized carbons (Fsp3) is 0.0435. The van der Waals surface area contributed by atoms with E-state index in [0.717, 1.165) is 6.16 Å². The largest absolute Gasteiger partial charge is 0.472 e. The van der Waals surface area contributed by atoms with Crippen molar-refractivity contribution in [2.75, 3.05) is 0 Å². The minimum atomic E-state index is -1.80. The summed E-state index contributed by atoms with van der Waals surface area (Å²) in [6.45, 7) is 0. The highest BCUT2D eigenvalue weighted by Crippen LogP contribution is 2.58. The van der Waals surface area contributed by atoms with E-state index in [9.17, 15) is 0 Å². The molecule has 0 bridgehead atoms. The molecule has 0 aliphatic heterocycles. The molecule has 1 heterocycles. The summed E-state index contributed by atoms with van der Waals surface area (Å²) in [7, 11) is -1.80. The van der Waals surface area contributed by atoms with Gasteiger partial charge in [-0.05, 0) is 42.5 Å². The highest BCUT2D eigenvalue weighted by Gasteiger charge is 2.45. The van der Waals surface area contributed by atoms with Crippen molar-refractivity contribution < 1.29 is 4.42 Å². The summed E-state index contributed by atoms with van der Waals surface area (Å²) >= 11 is 0. The predicted molar refractivity (Wildman–Crippen MR) is 108 cm³/mol. The topological polar surface area (TPSA) is 13.1 Å². The van der Waals surface area contributed by atoms with E-state index in [2.05, 4.69) is 97.1 Å². The zero-order valence-electron chi connectivity index (χ0n) is 14.0. The molecule has 0 amide bonds. The molecule has 4 aromatic rings. The molecular weight excluding hydrogens is 323 g/mol. The molecule has 2 heteroatoms. The van der Waals surface area contributed by atoms with Crippen LogP contribution in [0.25, 0.3) is 0 Å². The van der Waals surface area contributed by atoms with E-state index >= 15 is 0 Å². The van der Waals surface area contributed by atoms with Crippen LogP contribution >= 0.6 is 7.26 Å². The molecule has 25 heavy (non-hydrogen) atoms. The van der Waals surface area contributed by atoms with Crippen molar-refractivity contribution in [2.45, 2.75) is 6.16 Å². The van der Waals surface area contributed by atoms with Crippen LogP contribution in [0.4, 0.5) is 0 Å². The van der Waals surface area contributed by atoms with E-state index in [4.69, 9.17) is 4.42 Å². The maximum atomic E-state index is 5.39. The van der Waals surface area contributed by atoms with Gasteiger partial charge < -0.3 is 4.42 Å². The first-order valence-corrected chi connectivity index (χ1v) is 10.4. The van der Waals surface area contributed by atoms with Gasteiger partial charge in [0, 0.05) is 5.56 Å². The van der Waals surface area contributed by atoms with Gasteiger partial charge in [-0.3, -0.25) is 0 Å². The molecule has 122 valence electrons. The Morgan fingerprint density at radius 2 is 1.00 bits per heavy atom. The molecule has 0 saturated carbocycles. The standard InChI is InChI=1S/C23H20OP/c1-4-10-21(11-5-1)25(19-20-16-17-24-18-20,22-12-6-2-7-13-22)23-14-8-3-9-15-23/h1-18H,19H2/q+1. The lowest BCUT2D eigenvalue weighted by atomic mass is 10.3. The Hall–Kier alpha value is -2.63. The molecule has 0 N–H and O–H groups in total. The summed E-state index contributed by atoms with van der Waals surface area (Å²) in [6, 6.07) is 34.8. The van der Waals surface area contributed by atoms with Gasteiger partial charge in [-0.1, -0.05) is 54.6 Å². The van der Waals surface area contributed by atoms with Crippen LogP contribution in [0, 0.1) is 0 Å². The van der Waals surface area contributed by atoms with Crippen LogP contribution in [0.2, 0.25) is 0 Å². The van der Waals surface area contributed by atoms with Crippen LogP contribution in [-0.2, 0) is 6.16 Å². The molecular formula is C23H20OP+. The molecule has 0 aliphatic carbocycles. The summed E-state index contributed by atoms with van der Waals surface area (Å²) in [4.78, 5) is 0. The SMILES string of the molecule is c1ccc([P+](Cc2ccoc2)(c2ccccc2)c2ccccc2)cc1. The Labute approximate surface area is 149 Å². The van der Waals surface area contributed by atoms with E-state index < -0.39 is 7.26 Å². The van der Waals surface area contributed by atoms with E-state index in [1.54, 1.807) is 6.26 Å². The van der Waals surface area contributed by atoms with Crippen LogP contribution in [0.5, 0.6) is 0 Å². The third-order valence-corrected chi connectivity index (χ3v) is 8.97. The zero-order valence-corrected chi connectivity index (χ0v) is 14.8. The van der Waals surface area contributed by atoms with E-state index in [0.29, 0.717) is 0 Å². The number of rotatable bonds is 5. The molecule has 0 fully saturated rings. The third kappa shape index (κ3) is 3.04. The first-order chi connectivity index (χ1) is 12.4. The predicted octanol–water partition coefficient (Wildman–Crippen LogP) is 4.77. The quantitative estimate of drug-likeness (QED) is 0.476. The second-order valence-corrected chi connectivity index (χ2v) is 9.59. The lowest BCUT2D eigenvalue weighted by molar-refractivity contribution is 0.565. The minimum Gasteiger partial charge on any atom is -0.472 e. The molecule has 0 unspecified atom stereocenters. The number of furan rings is 1. The third-order valence-electron chi connectivity index (χ3n) is 4.59.